The van der Waals surface area contributed by atoms with Crippen molar-refractivity contribution in [1.29, 1.82) is 0 Å². The second-order valence-electron chi connectivity index (χ2n) is 5.86. The van der Waals surface area contributed by atoms with Gasteiger partial charge in [0.25, 0.3) is 11.6 Å². The van der Waals surface area contributed by atoms with Crippen molar-refractivity contribution in [3.05, 3.63) is 74.3 Å². The Morgan fingerprint density at radius 3 is 2.48 bits per heavy atom. The van der Waals surface area contributed by atoms with E-state index in [1.807, 2.05) is 19.1 Å². The number of aryl methyl sites for hydroxylation is 1. The number of hydrogen-bond acceptors (Lipinski definition) is 5. The van der Waals surface area contributed by atoms with Gasteiger partial charge in [0.05, 0.1) is 24.0 Å². The quantitative estimate of drug-likeness (QED) is 0.438. The molecule has 1 N–H and O–H groups in total. The zero-order valence-corrected chi connectivity index (χ0v) is 15.7. The van der Waals surface area contributed by atoms with Gasteiger partial charge in [-0.25, -0.2) is 0 Å². The van der Waals surface area contributed by atoms with Crippen molar-refractivity contribution in [2.45, 2.75) is 26.3 Å². The van der Waals surface area contributed by atoms with Crippen molar-refractivity contribution in [1.82, 2.24) is 5.32 Å². The van der Waals surface area contributed by atoms with Gasteiger partial charge in [-0.3, -0.25) is 19.7 Å². The van der Waals surface area contributed by atoms with E-state index in [-0.39, 0.29) is 23.6 Å². The van der Waals surface area contributed by atoms with E-state index in [0.717, 1.165) is 11.6 Å². The van der Waals surface area contributed by atoms with E-state index >= 15 is 0 Å². The molecule has 2 rings (SSSR count). The van der Waals surface area contributed by atoms with Crippen molar-refractivity contribution < 1.29 is 19.2 Å². The Bertz CT molecular complexity index is 852. The monoisotopic (exact) mass is 390 g/mol. The smallest absolute Gasteiger partial charge is 0.308 e. The summed E-state index contributed by atoms with van der Waals surface area (Å²) in [5.41, 5.74) is 1.18. The summed E-state index contributed by atoms with van der Waals surface area (Å²) >= 11 is 5.79. The predicted octanol–water partition coefficient (Wildman–Crippen LogP) is 3.98. The van der Waals surface area contributed by atoms with E-state index in [1.54, 1.807) is 19.1 Å². The maximum Gasteiger partial charge on any atom is 0.308 e. The molecule has 2 aromatic rings. The molecule has 142 valence electrons. The van der Waals surface area contributed by atoms with Gasteiger partial charge in [0.1, 0.15) is 5.56 Å². The van der Waals surface area contributed by atoms with Gasteiger partial charge in [0.2, 0.25) is 0 Å². The number of nitrogens with zero attached hydrogens (tertiary/aromatic N) is 1. The maximum absolute atomic E-state index is 12.7. The van der Waals surface area contributed by atoms with Gasteiger partial charge in [0.15, 0.2) is 0 Å². The number of halogens is 1. The standard InChI is InChI=1S/C19H19ClN2O5/c1-3-27-18(23)11-16(13-6-4-12(2)5-7-13)21-19(24)15-9-8-14(20)10-17(15)22(25)26/h4-10,16H,3,11H2,1-2H3,(H,21,24)/t16-/m1/s1. The molecule has 0 unspecified atom stereocenters. The average molecular weight is 391 g/mol. The highest BCUT2D eigenvalue weighted by molar-refractivity contribution is 6.31. The van der Waals surface area contributed by atoms with Gasteiger partial charge in [-0.2, -0.15) is 0 Å². The summed E-state index contributed by atoms with van der Waals surface area (Å²) in [4.78, 5) is 35.1. The van der Waals surface area contributed by atoms with Gasteiger partial charge in [-0.05, 0) is 31.5 Å². The number of benzene rings is 2. The lowest BCUT2D eigenvalue weighted by Crippen LogP contribution is -2.31. The van der Waals surface area contributed by atoms with Crippen LogP contribution in [0.4, 0.5) is 5.69 Å². The van der Waals surface area contributed by atoms with Crippen LogP contribution in [0, 0.1) is 17.0 Å². The second kappa shape index (κ2) is 9.14. The number of ether oxygens (including phenoxy) is 1. The van der Waals surface area contributed by atoms with Crippen LogP contribution < -0.4 is 5.32 Å². The highest BCUT2D eigenvalue weighted by atomic mass is 35.5. The number of nitrogens with one attached hydrogen (secondary N) is 1. The van der Waals surface area contributed by atoms with Crippen LogP contribution in [-0.2, 0) is 9.53 Å². The third kappa shape index (κ3) is 5.52. The van der Waals surface area contributed by atoms with Gasteiger partial charge in [0, 0.05) is 11.1 Å². The lowest BCUT2D eigenvalue weighted by atomic mass is 10.0. The number of esters is 1. The first-order valence-corrected chi connectivity index (χ1v) is 8.66. The molecular weight excluding hydrogens is 372 g/mol. The lowest BCUT2D eigenvalue weighted by Gasteiger charge is -2.19. The fourth-order valence-corrected chi connectivity index (χ4v) is 2.69. The van der Waals surface area contributed by atoms with E-state index in [4.69, 9.17) is 16.3 Å². The molecule has 0 aliphatic carbocycles. The molecule has 0 aromatic heterocycles. The van der Waals surface area contributed by atoms with Crippen LogP contribution >= 0.6 is 11.6 Å². The predicted molar refractivity (Wildman–Crippen MR) is 101 cm³/mol. The fraction of sp³-hybridized carbons (Fsp3) is 0.263. The average Bonchev–Trinajstić information content (AvgIpc) is 2.61. The van der Waals surface area contributed by atoms with E-state index in [2.05, 4.69) is 5.32 Å². The summed E-state index contributed by atoms with van der Waals surface area (Å²) in [7, 11) is 0. The zero-order chi connectivity index (χ0) is 20.0. The summed E-state index contributed by atoms with van der Waals surface area (Å²) < 4.78 is 4.97. The molecule has 27 heavy (non-hydrogen) atoms. The molecule has 8 heteroatoms. The Morgan fingerprint density at radius 1 is 1.22 bits per heavy atom. The first kappa shape index (κ1) is 20.4. The van der Waals surface area contributed by atoms with Crippen LogP contribution in [0.15, 0.2) is 42.5 Å². The summed E-state index contributed by atoms with van der Waals surface area (Å²) in [5, 5.41) is 14.1. The largest absolute Gasteiger partial charge is 0.466 e. The van der Waals surface area contributed by atoms with Crippen LogP contribution in [0.3, 0.4) is 0 Å². The maximum atomic E-state index is 12.7. The third-order valence-electron chi connectivity index (χ3n) is 3.86. The van der Waals surface area contributed by atoms with E-state index in [0.29, 0.717) is 5.56 Å². The summed E-state index contributed by atoms with van der Waals surface area (Å²) in [6.45, 7) is 3.82. The molecule has 1 amide bonds. The van der Waals surface area contributed by atoms with Crippen molar-refractivity contribution in [2.24, 2.45) is 0 Å². The minimum Gasteiger partial charge on any atom is -0.466 e. The minimum absolute atomic E-state index is 0.0932. The second-order valence-corrected chi connectivity index (χ2v) is 6.30. The van der Waals surface area contributed by atoms with Crippen LogP contribution in [0.25, 0.3) is 0 Å². The number of hydrogen-bond donors (Lipinski definition) is 1. The van der Waals surface area contributed by atoms with Crippen molar-refractivity contribution in [3.8, 4) is 0 Å². The molecule has 0 heterocycles. The fourth-order valence-electron chi connectivity index (χ4n) is 2.52. The Morgan fingerprint density at radius 2 is 1.89 bits per heavy atom. The van der Waals surface area contributed by atoms with Crippen molar-refractivity contribution in [3.63, 3.8) is 0 Å². The van der Waals surface area contributed by atoms with E-state index < -0.39 is 28.5 Å². The minimum atomic E-state index is -0.688. The summed E-state index contributed by atoms with van der Waals surface area (Å²) in [5.74, 6) is -1.15. The number of carbonyl (C=O) groups excluding carboxylic acids is 2. The van der Waals surface area contributed by atoms with Gasteiger partial charge in [-0.15, -0.1) is 0 Å². The van der Waals surface area contributed by atoms with Crippen LogP contribution in [-0.4, -0.2) is 23.4 Å². The lowest BCUT2D eigenvalue weighted by molar-refractivity contribution is -0.385. The van der Waals surface area contributed by atoms with E-state index in [1.165, 1.54) is 12.1 Å². The highest BCUT2D eigenvalue weighted by Crippen LogP contribution is 2.25. The summed E-state index contributed by atoms with van der Waals surface area (Å²) in [6, 6.07) is 10.4. The highest BCUT2D eigenvalue weighted by Gasteiger charge is 2.25. The number of amides is 1. The van der Waals surface area contributed by atoms with Crippen LogP contribution in [0.5, 0.6) is 0 Å². The third-order valence-corrected chi connectivity index (χ3v) is 4.10. The Kier molecular flexibility index (Phi) is 6.90. The molecule has 0 saturated carbocycles. The first-order valence-electron chi connectivity index (χ1n) is 8.28. The van der Waals surface area contributed by atoms with Gasteiger partial charge >= 0.3 is 5.97 Å². The molecule has 0 saturated heterocycles. The number of nitro benzene ring substituents is 1. The SMILES string of the molecule is CCOC(=O)C[C@@H](NC(=O)c1ccc(Cl)cc1[N+](=O)[O-])c1ccc(C)cc1. The van der Waals surface area contributed by atoms with E-state index in [9.17, 15) is 19.7 Å². The number of nitro groups is 1. The number of carbonyl (C=O) groups is 2. The topological polar surface area (TPSA) is 98.5 Å². The molecular formula is C19H19ClN2O5. The molecule has 1 atom stereocenters. The van der Waals surface area contributed by atoms with Crippen LogP contribution in [0.2, 0.25) is 5.02 Å². The normalized spacial score (nSPS) is 11.5. The Balaban J connectivity index is 2.31. The zero-order valence-electron chi connectivity index (χ0n) is 14.9. The molecule has 0 radical (unpaired) electrons. The first-order chi connectivity index (χ1) is 12.8. The molecule has 0 spiro atoms. The molecule has 0 fully saturated rings. The van der Waals surface area contributed by atoms with Crippen LogP contribution in [0.1, 0.15) is 40.9 Å². The van der Waals surface area contributed by atoms with Gasteiger partial charge < -0.3 is 10.1 Å². The number of rotatable bonds is 7. The Hall–Kier alpha value is -2.93. The molecule has 2 aromatic carbocycles. The Labute approximate surface area is 161 Å². The van der Waals surface area contributed by atoms with Gasteiger partial charge in [-0.1, -0.05) is 41.4 Å². The molecule has 7 nitrogen and oxygen atoms in total. The van der Waals surface area contributed by atoms with Crippen molar-refractivity contribution >= 4 is 29.2 Å². The summed E-state index contributed by atoms with van der Waals surface area (Å²) in [6.07, 6.45) is -0.0932. The molecule has 0 aliphatic heterocycles. The van der Waals surface area contributed by atoms with Crippen molar-refractivity contribution in [2.75, 3.05) is 6.61 Å². The molecule has 0 aliphatic rings. The molecule has 0 bridgehead atoms.